The molecule has 0 aliphatic carbocycles. The molecule has 100 valence electrons. The van der Waals surface area contributed by atoms with Crippen LogP contribution in [-0.4, -0.2) is 36.3 Å². The van der Waals surface area contributed by atoms with Crippen molar-refractivity contribution in [1.82, 2.24) is 15.8 Å². The van der Waals surface area contributed by atoms with Crippen molar-refractivity contribution < 1.29 is 9.59 Å². The van der Waals surface area contributed by atoms with E-state index in [2.05, 4.69) is 22.7 Å². The molecule has 0 fully saturated rings. The summed E-state index contributed by atoms with van der Waals surface area (Å²) in [5, 5.41) is 0. The van der Waals surface area contributed by atoms with Crippen LogP contribution in [0.15, 0.2) is 0 Å². The third-order valence-electron chi connectivity index (χ3n) is 2.46. The van der Waals surface area contributed by atoms with Crippen LogP contribution in [0.25, 0.3) is 0 Å². The number of unbranched alkanes of at least 4 members (excludes halogenated alkanes) is 1. The lowest BCUT2D eigenvalue weighted by molar-refractivity contribution is -0.121. The van der Waals surface area contributed by atoms with Gasteiger partial charge in [-0.3, -0.25) is 20.4 Å². The summed E-state index contributed by atoms with van der Waals surface area (Å²) in [6.45, 7) is 4.16. The van der Waals surface area contributed by atoms with Crippen LogP contribution in [0.4, 0.5) is 0 Å². The summed E-state index contributed by atoms with van der Waals surface area (Å²) in [6, 6.07) is 0. The van der Waals surface area contributed by atoms with Gasteiger partial charge in [-0.25, -0.2) is 11.7 Å². The van der Waals surface area contributed by atoms with Gasteiger partial charge in [-0.2, -0.15) is 0 Å². The Balaban J connectivity index is 3.95. The molecule has 0 radical (unpaired) electrons. The highest BCUT2D eigenvalue weighted by Crippen LogP contribution is 1.98. The van der Waals surface area contributed by atoms with Crippen LogP contribution in [0.3, 0.4) is 0 Å². The topological polar surface area (TPSA) is 113 Å². The van der Waals surface area contributed by atoms with Gasteiger partial charge in [0.15, 0.2) is 0 Å². The van der Waals surface area contributed by atoms with Crippen LogP contribution >= 0.6 is 0 Å². The summed E-state index contributed by atoms with van der Waals surface area (Å²) in [6.07, 6.45) is 2.78. The van der Waals surface area contributed by atoms with Crippen LogP contribution in [0.5, 0.6) is 0 Å². The number of carbonyl (C=O) groups is 2. The van der Waals surface area contributed by atoms with E-state index >= 15 is 0 Å². The molecule has 0 heterocycles. The quantitative estimate of drug-likeness (QED) is 0.233. The number of nitrogens with two attached hydrogens (primary N) is 2. The van der Waals surface area contributed by atoms with Crippen molar-refractivity contribution in [2.75, 3.05) is 19.6 Å². The fraction of sp³-hybridized carbons (Fsp3) is 0.800. The number of hydrazine groups is 2. The highest BCUT2D eigenvalue weighted by molar-refractivity contribution is 5.75. The Morgan fingerprint density at radius 2 is 1.47 bits per heavy atom. The van der Waals surface area contributed by atoms with Crippen LogP contribution in [0.1, 0.15) is 32.6 Å². The van der Waals surface area contributed by atoms with Crippen LogP contribution in [0, 0.1) is 0 Å². The number of rotatable bonds is 9. The molecule has 17 heavy (non-hydrogen) atoms. The molecule has 0 aliphatic rings. The standard InChI is InChI=1S/C10H23N5O2/c1-2-3-6-15(7-4-9(16)13-11)8-5-10(17)14-12/h2-8,11-12H2,1H3,(H,13,16)(H,14,17). The van der Waals surface area contributed by atoms with E-state index in [-0.39, 0.29) is 11.8 Å². The van der Waals surface area contributed by atoms with Gasteiger partial charge < -0.3 is 4.90 Å². The lowest BCUT2D eigenvalue weighted by atomic mass is 10.2. The van der Waals surface area contributed by atoms with E-state index in [4.69, 9.17) is 11.7 Å². The Kier molecular flexibility index (Phi) is 9.31. The Labute approximate surface area is 102 Å². The Hall–Kier alpha value is -1.18. The first-order valence-corrected chi connectivity index (χ1v) is 5.85. The van der Waals surface area contributed by atoms with Gasteiger partial charge in [-0.15, -0.1) is 0 Å². The third-order valence-corrected chi connectivity index (χ3v) is 2.46. The van der Waals surface area contributed by atoms with Gasteiger partial charge >= 0.3 is 0 Å². The SMILES string of the molecule is CCCCN(CCC(=O)NN)CCC(=O)NN. The maximum absolute atomic E-state index is 11.0. The van der Waals surface area contributed by atoms with Gasteiger partial charge in [0, 0.05) is 25.9 Å². The summed E-state index contributed by atoms with van der Waals surface area (Å²) in [5.74, 6) is 9.61. The molecule has 2 amide bonds. The molecular formula is C10H23N5O2. The van der Waals surface area contributed by atoms with Crippen molar-refractivity contribution in [1.29, 1.82) is 0 Å². The zero-order chi connectivity index (χ0) is 13.1. The zero-order valence-corrected chi connectivity index (χ0v) is 10.4. The predicted octanol–water partition coefficient (Wildman–Crippen LogP) is -1.15. The largest absolute Gasteiger partial charge is 0.302 e. The highest BCUT2D eigenvalue weighted by Gasteiger charge is 2.09. The predicted molar refractivity (Wildman–Crippen MR) is 65.2 cm³/mol. The maximum atomic E-state index is 11.0. The molecule has 0 aliphatic heterocycles. The average molecular weight is 245 g/mol. The van der Waals surface area contributed by atoms with Gasteiger partial charge in [0.25, 0.3) is 0 Å². The molecule has 6 N–H and O–H groups in total. The van der Waals surface area contributed by atoms with Crippen LogP contribution < -0.4 is 22.5 Å². The monoisotopic (exact) mass is 245 g/mol. The molecular weight excluding hydrogens is 222 g/mol. The van der Waals surface area contributed by atoms with Gasteiger partial charge in [0.1, 0.15) is 0 Å². The summed E-state index contributed by atoms with van der Waals surface area (Å²) < 4.78 is 0. The smallest absolute Gasteiger partial charge is 0.235 e. The van der Waals surface area contributed by atoms with E-state index in [0.717, 1.165) is 19.4 Å². The minimum absolute atomic E-state index is 0.199. The van der Waals surface area contributed by atoms with Crippen molar-refractivity contribution in [2.24, 2.45) is 11.7 Å². The van der Waals surface area contributed by atoms with Gasteiger partial charge in [0.2, 0.25) is 11.8 Å². The molecule has 0 spiro atoms. The van der Waals surface area contributed by atoms with E-state index in [1.807, 2.05) is 0 Å². The summed E-state index contributed by atoms with van der Waals surface area (Å²) in [7, 11) is 0. The van der Waals surface area contributed by atoms with E-state index < -0.39 is 0 Å². The molecule has 7 heteroatoms. The first-order chi connectivity index (χ1) is 8.13. The lowest BCUT2D eigenvalue weighted by Crippen LogP contribution is -2.37. The first-order valence-electron chi connectivity index (χ1n) is 5.85. The maximum Gasteiger partial charge on any atom is 0.235 e. The molecule has 0 saturated carbocycles. The number of amides is 2. The molecule has 0 rings (SSSR count). The number of hydrogen-bond donors (Lipinski definition) is 4. The van der Waals surface area contributed by atoms with Crippen LogP contribution in [-0.2, 0) is 9.59 Å². The average Bonchev–Trinajstić information content (AvgIpc) is 2.36. The molecule has 0 saturated heterocycles. The molecule has 0 aromatic heterocycles. The van der Waals surface area contributed by atoms with Gasteiger partial charge in [0.05, 0.1) is 0 Å². The number of nitrogens with zero attached hydrogens (tertiary/aromatic N) is 1. The van der Waals surface area contributed by atoms with Gasteiger partial charge in [-0.05, 0) is 13.0 Å². The summed E-state index contributed by atoms with van der Waals surface area (Å²) >= 11 is 0. The van der Waals surface area contributed by atoms with Crippen molar-refractivity contribution in [3.63, 3.8) is 0 Å². The van der Waals surface area contributed by atoms with E-state index in [0.29, 0.717) is 25.9 Å². The first kappa shape index (κ1) is 15.8. The van der Waals surface area contributed by atoms with E-state index in [9.17, 15) is 9.59 Å². The second-order valence-corrected chi connectivity index (χ2v) is 3.83. The number of nitrogens with one attached hydrogen (secondary N) is 2. The minimum atomic E-state index is -0.199. The Bertz CT molecular complexity index is 215. The van der Waals surface area contributed by atoms with Crippen molar-refractivity contribution >= 4 is 11.8 Å². The Morgan fingerprint density at radius 3 is 1.82 bits per heavy atom. The van der Waals surface area contributed by atoms with Crippen LogP contribution in [0.2, 0.25) is 0 Å². The zero-order valence-electron chi connectivity index (χ0n) is 10.4. The Morgan fingerprint density at radius 1 is 1.00 bits per heavy atom. The lowest BCUT2D eigenvalue weighted by Gasteiger charge is -2.21. The number of carbonyl (C=O) groups excluding carboxylic acids is 2. The summed E-state index contributed by atoms with van der Waals surface area (Å²) in [5.41, 5.74) is 4.18. The van der Waals surface area contributed by atoms with E-state index in [1.54, 1.807) is 0 Å². The third kappa shape index (κ3) is 8.61. The normalized spacial score (nSPS) is 10.4. The molecule has 0 aromatic carbocycles. The molecule has 0 aromatic rings. The van der Waals surface area contributed by atoms with Crippen molar-refractivity contribution in [3.05, 3.63) is 0 Å². The van der Waals surface area contributed by atoms with E-state index in [1.165, 1.54) is 0 Å². The second-order valence-electron chi connectivity index (χ2n) is 3.83. The number of hydrogen-bond acceptors (Lipinski definition) is 5. The fourth-order valence-electron chi connectivity index (χ4n) is 1.38. The second kappa shape index (κ2) is 10.0. The minimum Gasteiger partial charge on any atom is -0.302 e. The fourth-order valence-corrected chi connectivity index (χ4v) is 1.38. The van der Waals surface area contributed by atoms with Crippen molar-refractivity contribution in [3.8, 4) is 0 Å². The summed E-state index contributed by atoms with van der Waals surface area (Å²) in [4.78, 5) is 24.1. The molecule has 0 unspecified atom stereocenters. The highest BCUT2D eigenvalue weighted by atomic mass is 16.2. The molecule has 0 atom stereocenters. The van der Waals surface area contributed by atoms with Gasteiger partial charge in [-0.1, -0.05) is 13.3 Å². The molecule has 0 bridgehead atoms. The van der Waals surface area contributed by atoms with Crippen molar-refractivity contribution in [2.45, 2.75) is 32.6 Å². The molecule has 7 nitrogen and oxygen atoms in total.